The first-order valence-electron chi connectivity index (χ1n) is 10.1. The number of halogens is 1. The second-order valence-corrected chi connectivity index (χ2v) is 7.83. The molecule has 0 bridgehead atoms. The summed E-state index contributed by atoms with van der Waals surface area (Å²) in [5, 5.41) is 9.21. The van der Waals surface area contributed by atoms with Gasteiger partial charge in [0.25, 0.3) is 5.91 Å². The van der Waals surface area contributed by atoms with Crippen molar-refractivity contribution in [3.63, 3.8) is 0 Å². The fourth-order valence-electron chi connectivity index (χ4n) is 3.80. The molecule has 156 valence electrons. The van der Waals surface area contributed by atoms with E-state index in [-0.39, 0.29) is 5.91 Å². The van der Waals surface area contributed by atoms with Crippen molar-refractivity contribution in [2.24, 2.45) is 0 Å². The zero-order valence-corrected chi connectivity index (χ0v) is 17.5. The minimum atomic E-state index is -0.0104. The maximum absolute atomic E-state index is 12.8. The molecule has 0 spiro atoms. The van der Waals surface area contributed by atoms with Gasteiger partial charge in [0.15, 0.2) is 17.0 Å². The number of amides is 1. The standard InChI is InChI=1S/C22H20ClN7O/c23-18-8-4-7-17(13-18)22(31)29-11-9-28(10-12-29)20-19-21(25-15-24-20)30(27-26-19)14-16-5-2-1-3-6-16/h1-8,13,15H,9-12,14H2. The van der Waals surface area contributed by atoms with Gasteiger partial charge in [-0.25, -0.2) is 14.6 Å². The highest BCUT2D eigenvalue weighted by Crippen LogP contribution is 2.23. The van der Waals surface area contributed by atoms with Crippen LogP contribution in [0.3, 0.4) is 0 Å². The summed E-state index contributed by atoms with van der Waals surface area (Å²) in [4.78, 5) is 25.6. The Labute approximate surface area is 184 Å². The number of hydrogen-bond acceptors (Lipinski definition) is 6. The number of aromatic nitrogens is 5. The number of anilines is 1. The van der Waals surface area contributed by atoms with E-state index in [2.05, 4.69) is 25.2 Å². The second kappa shape index (κ2) is 8.31. The quantitative estimate of drug-likeness (QED) is 0.492. The van der Waals surface area contributed by atoms with Gasteiger partial charge in [-0.1, -0.05) is 53.2 Å². The predicted molar refractivity (Wildman–Crippen MR) is 118 cm³/mol. The first-order valence-corrected chi connectivity index (χ1v) is 10.4. The third-order valence-corrected chi connectivity index (χ3v) is 5.63. The van der Waals surface area contributed by atoms with Gasteiger partial charge in [-0.05, 0) is 23.8 Å². The third kappa shape index (κ3) is 3.94. The summed E-state index contributed by atoms with van der Waals surface area (Å²) in [7, 11) is 0. The van der Waals surface area contributed by atoms with E-state index in [1.165, 1.54) is 0 Å². The summed E-state index contributed by atoms with van der Waals surface area (Å²) >= 11 is 6.03. The summed E-state index contributed by atoms with van der Waals surface area (Å²) in [5.41, 5.74) is 3.11. The van der Waals surface area contributed by atoms with E-state index < -0.39 is 0 Å². The first-order chi connectivity index (χ1) is 15.2. The molecule has 0 atom stereocenters. The molecule has 31 heavy (non-hydrogen) atoms. The van der Waals surface area contributed by atoms with Gasteiger partial charge >= 0.3 is 0 Å². The molecule has 0 saturated carbocycles. The van der Waals surface area contributed by atoms with E-state index in [0.29, 0.717) is 54.5 Å². The Kier molecular flexibility index (Phi) is 5.21. The lowest BCUT2D eigenvalue weighted by Gasteiger charge is -2.35. The minimum Gasteiger partial charge on any atom is -0.351 e. The topological polar surface area (TPSA) is 80.0 Å². The van der Waals surface area contributed by atoms with Crippen LogP contribution in [-0.2, 0) is 6.54 Å². The van der Waals surface area contributed by atoms with Gasteiger partial charge in [0.1, 0.15) is 6.33 Å². The number of nitrogens with zero attached hydrogens (tertiary/aromatic N) is 7. The predicted octanol–water partition coefficient (Wildman–Crippen LogP) is 2.89. The molecular formula is C22H20ClN7O. The van der Waals surface area contributed by atoms with Gasteiger partial charge in [0.05, 0.1) is 6.54 Å². The average Bonchev–Trinajstić information content (AvgIpc) is 3.22. The maximum Gasteiger partial charge on any atom is 0.254 e. The van der Waals surface area contributed by atoms with Crippen molar-refractivity contribution in [2.75, 3.05) is 31.1 Å². The van der Waals surface area contributed by atoms with E-state index in [1.54, 1.807) is 35.3 Å². The number of piperazine rings is 1. The minimum absolute atomic E-state index is 0.0104. The van der Waals surface area contributed by atoms with Crippen molar-refractivity contribution in [2.45, 2.75) is 6.54 Å². The lowest BCUT2D eigenvalue weighted by atomic mass is 10.2. The van der Waals surface area contributed by atoms with Crippen molar-refractivity contribution in [1.82, 2.24) is 29.9 Å². The molecule has 9 heteroatoms. The molecule has 8 nitrogen and oxygen atoms in total. The highest BCUT2D eigenvalue weighted by molar-refractivity contribution is 6.30. The lowest BCUT2D eigenvalue weighted by Crippen LogP contribution is -2.49. The van der Waals surface area contributed by atoms with Gasteiger partial charge in [-0.15, -0.1) is 5.10 Å². The van der Waals surface area contributed by atoms with E-state index in [4.69, 9.17) is 11.6 Å². The Balaban J connectivity index is 1.32. The Morgan fingerprint density at radius 2 is 1.77 bits per heavy atom. The molecule has 2 aromatic heterocycles. The molecule has 0 aliphatic carbocycles. The molecule has 1 fully saturated rings. The average molecular weight is 434 g/mol. The number of benzene rings is 2. The van der Waals surface area contributed by atoms with Crippen LogP contribution in [0.4, 0.5) is 5.82 Å². The van der Waals surface area contributed by atoms with Crippen molar-refractivity contribution in [1.29, 1.82) is 0 Å². The van der Waals surface area contributed by atoms with Crippen LogP contribution in [0.15, 0.2) is 60.9 Å². The molecule has 3 heterocycles. The largest absolute Gasteiger partial charge is 0.351 e. The van der Waals surface area contributed by atoms with Crippen LogP contribution in [0.5, 0.6) is 0 Å². The van der Waals surface area contributed by atoms with Crippen molar-refractivity contribution >= 4 is 34.5 Å². The molecule has 0 radical (unpaired) electrons. The molecule has 5 rings (SSSR count). The monoisotopic (exact) mass is 433 g/mol. The van der Waals surface area contributed by atoms with Gasteiger partial charge < -0.3 is 9.80 Å². The van der Waals surface area contributed by atoms with Crippen LogP contribution < -0.4 is 4.90 Å². The molecule has 1 aliphatic rings. The Bertz CT molecular complexity index is 1220. The van der Waals surface area contributed by atoms with Crippen molar-refractivity contribution in [3.8, 4) is 0 Å². The van der Waals surface area contributed by atoms with Crippen LogP contribution in [0.2, 0.25) is 5.02 Å². The highest BCUT2D eigenvalue weighted by Gasteiger charge is 2.25. The van der Waals surface area contributed by atoms with Crippen LogP contribution in [-0.4, -0.2) is 61.9 Å². The molecule has 2 aromatic carbocycles. The van der Waals surface area contributed by atoms with Crippen LogP contribution in [0, 0.1) is 0 Å². The van der Waals surface area contributed by atoms with Crippen LogP contribution >= 0.6 is 11.6 Å². The van der Waals surface area contributed by atoms with Gasteiger partial charge in [0, 0.05) is 36.8 Å². The number of carbonyl (C=O) groups excluding carboxylic acids is 1. The van der Waals surface area contributed by atoms with Gasteiger partial charge in [0.2, 0.25) is 0 Å². The Morgan fingerprint density at radius 3 is 2.55 bits per heavy atom. The first kappa shape index (κ1) is 19.4. The van der Waals surface area contributed by atoms with E-state index in [0.717, 1.165) is 11.4 Å². The van der Waals surface area contributed by atoms with E-state index >= 15 is 0 Å². The molecule has 4 aromatic rings. The van der Waals surface area contributed by atoms with Crippen molar-refractivity contribution < 1.29 is 4.79 Å². The Morgan fingerprint density at radius 1 is 0.968 bits per heavy atom. The van der Waals surface area contributed by atoms with E-state index in [1.807, 2.05) is 35.2 Å². The van der Waals surface area contributed by atoms with E-state index in [9.17, 15) is 4.79 Å². The fraction of sp³-hybridized carbons (Fsp3) is 0.227. The molecule has 1 saturated heterocycles. The zero-order chi connectivity index (χ0) is 21.2. The van der Waals surface area contributed by atoms with Crippen LogP contribution in [0.1, 0.15) is 15.9 Å². The number of carbonyl (C=O) groups is 1. The summed E-state index contributed by atoms with van der Waals surface area (Å²) in [6.07, 6.45) is 1.55. The SMILES string of the molecule is O=C(c1cccc(Cl)c1)N1CCN(c2ncnc3c2nnn3Cc2ccccc2)CC1. The third-order valence-electron chi connectivity index (χ3n) is 5.39. The number of rotatable bonds is 4. The summed E-state index contributed by atoms with van der Waals surface area (Å²) in [5.74, 6) is 0.739. The summed E-state index contributed by atoms with van der Waals surface area (Å²) < 4.78 is 1.79. The molecule has 1 aliphatic heterocycles. The van der Waals surface area contributed by atoms with Crippen molar-refractivity contribution in [3.05, 3.63) is 77.1 Å². The second-order valence-electron chi connectivity index (χ2n) is 7.39. The number of fused-ring (bicyclic) bond motifs is 1. The molecule has 1 amide bonds. The smallest absolute Gasteiger partial charge is 0.254 e. The summed E-state index contributed by atoms with van der Waals surface area (Å²) in [6.45, 7) is 3.09. The van der Waals surface area contributed by atoms with Gasteiger partial charge in [-0.3, -0.25) is 4.79 Å². The Hall–Kier alpha value is -3.52. The molecule has 0 unspecified atom stereocenters. The fourth-order valence-corrected chi connectivity index (χ4v) is 3.99. The molecular weight excluding hydrogens is 414 g/mol. The molecule has 0 N–H and O–H groups in total. The van der Waals surface area contributed by atoms with Gasteiger partial charge in [-0.2, -0.15) is 0 Å². The zero-order valence-electron chi connectivity index (χ0n) is 16.7. The number of hydrogen-bond donors (Lipinski definition) is 0. The van der Waals surface area contributed by atoms with Crippen LogP contribution in [0.25, 0.3) is 11.2 Å². The summed E-state index contributed by atoms with van der Waals surface area (Å²) in [6, 6.07) is 17.1. The highest BCUT2D eigenvalue weighted by atomic mass is 35.5. The lowest BCUT2D eigenvalue weighted by molar-refractivity contribution is 0.0746. The normalized spacial score (nSPS) is 14.2. The maximum atomic E-state index is 12.8.